The van der Waals surface area contributed by atoms with Gasteiger partial charge in [-0.1, -0.05) is 35.9 Å². The Hall–Kier alpha value is -2.57. The van der Waals surface area contributed by atoms with Crippen molar-refractivity contribution in [3.63, 3.8) is 0 Å². The molecule has 1 amide bonds. The van der Waals surface area contributed by atoms with Crippen LogP contribution >= 0.6 is 11.6 Å². The molecule has 0 unspecified atom stereocenters. The number of ether oxygens (including phenoxy) is 1. The summed E-state index contributed by atoms with van der Waals surface area (Å²) in [5, 5.41) is 3.49. The number of nitrogens with one attached hydrogen (secondary N) is 1. The molecule has 1 heterocycles. The first-order valence-corrected chi connectivity index (χ1v) is 11.6. The molecule has 0 fully saturated rings. The molecule has 0 aliphatic carbocycles. The van der Waals surface area contributed by atoms with Crippen LogP contribution in [0.3, 0.4) is 0 Å². The Bertz CT molecular complexity index is 983. The molecule has 3 aromatic rings. The van der Waals surface area contributed by atoms with Crippen molar-refractivity contribution >= 4 is 28.3 Å². The van der Waals surface area contributed by atoms with Gasteiger partial charge in [0.2, 0.25) is 0 Å². The van der Waals surface area contributed by atoms with Crippen LogP contribution in [0.1, 0.15) is 34.4 Å². The summed E-state index contributed by atoms with van der Waals surface area (Å²) in [5.74, 6) is 1.96. The third kappa shape index (κ3) is 6.75. The average Bonchev–Trinajstić information content (AvgIpc) is 3.19. The van der Waals surface area contributed by atoms with Crippen LogP contribution in [0.15, 0.2) is 65.1 Å². The molecule has 0 saturated carbocycles. The van der Waals surface area contributed by atoms with Gasteiger partial charge in [-0.2, -0.15) is 0 Å². The predicted octanol–water partition coefficient (Wildman–Crippen LogP) is 4.75. The molecule has 0 radical (unpaired) electrons. The Labute approximate surface area is 183 Å². The normalized spacial score (nSPS) is 11.8. The van der Waals surface area contributed by atoms with Crippen molar-refractivity contribution in [1.82, 2.24) is 5.32 Å². The average molecular weight is 446 g/mol. The van der Waals surface area contributed by atoms with E-state index in [4.69, 9.17) is 20.8 Å². The van der Waals surface area contributed by atoms with Crippen molar-refractivity contribution in [3.05, 3.63) is 88.3 Å². The van der Waals surface area contributed by atoms with Crippen molar-refractivity contribution in [2.75, 3.05) is 13.2 Å². The number of carbonyl (C=O) groups is 1. The highest BCUT2D eigenvalue weighted by atomic mass is 35.5. The van der Waals surface area contributed by atoms with Crippen molar-refractivity contribution in [2.24, 2.45) is 0 Å². The van der Waals surface area contributed by atoms with Crippen molar-refractivity contribution in [1.29, 1.82) is 0 Å². The SMILES string of the molecule is CCOc1ccc(CCNC(=O)c2ccc(C[S@](=O)Cc3ccc(Cl)cc3)o2)cc1. The summed E-state index contributed by atoms with van der Waals surface area (Å²) in [6.45, 7) is 3.07. The predicted molar refractivity (Wildman–Crippen MR) is 119 cm³/mol. The lowest BCUT2D eigenvalue weighted by Gasteiger charge is -2.06. The molecule has 30 heavy (non-hydrogen) atoms. The summed E-state index contributed by atoms with van der Waals surface area (Å²) in [4.78, 5) is 12.3. The van der Waals surface area contributed by atoms with E-state index in [1.165, 1.54) is 0 Å². The number of rotatable bonds is 10. The van der Waals surface area contributed by atoms with Crippen LogP contribution in [-0.2, 0) is 28.7 Å². The van der Waals surface area contributed by atoms with Gasteiger partial charge < -0.3 is 14.5 Å². The van der Waals surface area contributed by atoms with Crippen molar-refractivity contribution < 1.29 is 18.2 Å². The number of hydrogen-bond donors (Lipinski definition) is 1. The van der Waals surface area contributed by atoms with Gasteiger partial charge in [-0.05, 0) is 60.9 Å². The van der Waals surface area contributed by atoms with Gasteiger partial charge in [0.05, 0.1) is 12.4 Å². The zero-order valence-electron chi connectivity index (χ0n) is 16.7. The number of furan rings is 1. The standard InChI is InChI=1S/C23H24ClNO4S/c1-2-28-20-9-5-17(6-10-20)13-14-25-23(26)22-12-11-21(29-22)16-30(27)15-18-3-7-19(24)8-4-18/h3-12H,2,13-16H2,1H3,(H,25,26)/t30-/m1/s1. The fourth-order valence-electron chi connectivity index (χ4n) is 2.88. The van der Waals surface area contributed by atoms with Gasteiger partial charge in [0.1, 0.15) is 11.5 Å². The van der Waals surface area contributed by atoms with Gasteiger partial charge in [-0.15, -0.1) is 0 Å². The van der Waals surface area contributed by atoms with Crippen LogP contribution in [0.4, 0.5) is 0 Å². The van der Waals surface area contributed by atoms with Gasteiger partial charge in [0, 0.05) is 28.1 Å². The molecule has 1 atom stereocenters. The van der Waals surface area contributed by atoms with E-state index in [0.29, 0.717) is 36.1 Å². The largest absolute Gasteiger partial charge is 0.494 e. The summed E-state index contributed by atoms with van der Waals surface area (Å²) < 4.78 is 23.3. The van der Waals surface area contributed by atoms with Crippen molar-refractivity contribution in [2.45, 2.75) is 24.9 Å². The molecular formula is C23H24ClNO4S. The van der Waals surface area contributed by atoms with Crippen LogP contribution < -0.4 is 10.1 Å². The molecule has 0 saturated heterocycles. The van der Waals surface area contributed by atoms with Crippen LogP contribution in [-0.4, -0.2) is 23.3 Å². The highest BCUT2D eigenvalue weighted by molar-refractivity contribution is 7.83. The first-order valence-electron chi connectivity index (χ1n) is 9.71. The topological polar surface area (TPSA) is 68.5 Å². The summed E-state index contributed by atoms with van der Waals surface area (Å²) in [7, 11) is -1.14. The second-order valence-electron chi connectivity index (χ2n) is 6.70. The van der Waals surface area contributed by atoms with E-state index in [-0.39, 0.29) is 17.4 Å². The fraction of sp³-hybridized carbons (Fsp3) is 0.261. The monoisotopic (exact) mass is 445 g/mol. The summed E-state index contributed by atoms with van der Waals surface area (Å²) in [6.07, 6.45) is 0.705. The Morgan fingerprint density at radius 2 is 1.70 bits per heavy atom. The number of benzene rings is 2. The fourth-order valence-corrected chi connectivity index (χ4v) is 4.15. The number of amides is 1. The zero-order chi connectivity index (χ0) is 21.3. The third-order valence-corrected chi connectivity index (χ3v) is 5.88. The number of carbonyl (C=O) groups excluding carboxylic acids is 1. The number of halogens is 1. The van der Waals surface area contributed by atoms with Gasteiger partial charge in [-0.25, -0.2) is 0 Å². The molecule has 0 spiro atoms. The quantitative estimate of drug-likeness (QED) is 0.488. The molecule has 1 N–H and O–H groups in total. The van der Waals surface area contributed by atoms with Gasteiger partial charge in [0.25, 0.3) is 5.91 Å². The minimum atomic E-state index is -1.14. The molecule has 2 aromatic carbocycles. The molecule has 0 bridgehead atoms. The summed E-state index contributed by atoms with van der Waals surface area (Å²) in [6, 6.07) is 18.4. The van der Waals surface area contributed by atoms with Gasteiger partial charge >= 0.3 is 0 Å². The molecule has 0 aliphatic rings. The van der Waals surface area contributed by atoms with E-state index in [1.54, 1.807) is 24.3 Å². The Morgan fingerprint density at radius 1 is 1.00 bits per heavy atom. The maximum absolute atomic E-state index is 12.3. The van der Waals surface area contributed by atoms with Crippen molar-refractivity contribution in [3.8, 4) is 5.75 Å². The molecular weight excluding hydrogens is 422 g/mol. The first-order chi connectivity index (χ1) is 14.5. The Balaban J connectivity index is 1.44. The minimum Gasteiger partial charge on any atom is -0.494 e. The summed E-state index contributed by atoms with van der Waals surface area (Å²) in [5.41, 5.74) is 2.05. The second kappa shape index (κ2) is 11.0. The lowest BCUT2D eigenvalue weighted by Crippen LogP contribution is -2.25. The first kappa shape index (κ1) is 22.1. The summed E-state index contributed by atoms with van der Waals surface area (Å²) >= 11 is 5.87. The van der Waals surface area contributed by atoms with Crippen LogP contribution in [0.25, 0.3) is 0 Å². The molecule has 158 valence electrons. The van der Waals surface area contributed by atoms with E-state index >= 15 is 0 Å². The van der Waals surface area contributed by atoms with E-state index in [1.807, 2.05) is 43.3 Å². The molecule has 3 rings (SSSR count). The smallest absolute Gasteiger partial charge is 0.287 e. The lowest BCUT2D eigenvalue weighted by molar-refractivity contribution is 0.0925. The van der Waals surface area contributed by atoms with Crippen LogP contribution in [0, 0.1) is 0 Å². The van der Waals surface area contributed by atoms with E-state index in [9.17, 15) is 9.00 Å². The van der Waals surface area contributed by atoms with Crippen LogP contribution in [0.2, 0.25) is 5.02 Å². The third-order valence-electron chi connectivity index (χ3n) is 4.36. The molecule has 1 aromatic heterocycles. The highest BCUT2D eigenvalue weighted by Crippen LogP contribution is 2.15. The minimum absolute atomic E-state index is 0.222. The second-order valence-corrected chi connectivity index (χ2v) is 8.60. The van der Waals surface area contributed by atoms with E-state index < -0.39 is 10.8 Å². The lowest BCUT2D eigenvalue weighted by atomic mass is 10.1. The van der Waals surface area contributed by atoms with Crippen LogP contribution in [0.5, 0.6) is 5.75 Å². The maximum atomic E-state index is 12.3. The molecule has 7 heteroatoms. The Kier molecular flexibility index (Phi) is 8.11. The van der Waals surface area contributed by atoms with E-state index in [2.05, 4.69) is 5.32 Å². The van der Waals surface area contributed by atoms with E-state index in [0.717, 1.165) is 16.9 Å². The van der Waals surface area contributed by atoms with Gasteiger partial charge in [-0.3, -0.25) is 9.00 Å². The highest BCUT2D eigenvalue weighted by Gasteiger charge is 2.13. The van der Waals surface area contributed by atoms with Gasteiger partial charge in [0.15, 0.2) is 5.76 Å². The maximum Gasteiger partial charge on any atom is 0.287 e. The molecule has 5 nitrogen and oxygen atoms in total. The number of hydrogen-bond acceptors (Lipinski definition) is 4. The Morgan fingerprint density at radius 3 is 2.40 bits per heavy atom. The molecule has 0 aliphatic heterocycles. The zero-order valence-corrected chi connectivity index (χ0v) is 18.3.